The molecule has 0 radical (unpaired) electrons. The molecular weight excluding hydrogens is 318 g/mol. The van der Waals surface area contributed by atoms with Crippen LogP contribution >= 0.6 is 0 Å². The number of hydrogen-bond donors (Lipinski definition) is 0. The quantitative estimate of drug-likeness (QED) is 0.731. The maximum absolute atomic E-state index is 12.8. The number of rotatable bonds is 4. The van der Waals surface area contributed by atoms with Gasteiger partial charge in [-0.1, -0.05) is 30.3 Å². The van der Waals surface area contributed by atoms with Gasteiger partial charge in [0.2, 0.25) is 5.88 Å². The van der Waals surface area contributed by atoms with E-state index in [0.717, 1.165) is 5.56 Å². The van der Waals surface area contributed by atoms with Gasteiger partial charge in [-0.15, -0.1) is 5.10 Å². The molecule has 0 bridgehead atoms. The van der Waals surface area contributed by atoms with Crippen molar-refractivity contribution in [3.05, 3.63) is 65.7 Å². The number of nitrogens with zero attached hydrogens (tertiary/aromatic N) is 5. The number of ether oxygens (including phenoxy) is 1. The predicted octanol–water partition coefficient (Wildman–Crippen LogP) is 2.22. The van der Waals surface area contributed by atoms with Crippen LogP contribution in [0, 0.1) is 6.92 Å². The molecule has 1 aromatic carbocycles. The Kier molecular flexibility index (Phi) is 3.89. The van der Waals surface area contributed by atoms with Crippen LogP contribution in [-0.4, -0.2) is 32.2 Å². The molecule has 0 spiro atoms. The first-order chi connectivity index (χ1) is 12.2. The van der Waals surface area contributed by atoms with Gasteiger partial charge in [0.25, 0.3) is 5.91 Å². The molecule has 1 aliphatic heterocycles. The van der Waals surface area contributed by atoms with Crippen molar-refractivity contribution in [2.45, 2.75) is 20.1 Å². The van der Waals surface area contributed by atoms with Crippen molar-refractivity contribution < 1.29 is 9.53 Å². The van der Waals surface area contributed by atoms with Crippen LogP contribution in [0.1, 0.15) is 21.9 Å². The third kappa shape index (κ3) is 3.08. The summed E-state index contributed by atoms with van der Waals surface area (Å²) in [6.45, 7) is 3.33. The fourth-order valence-corrected chi connectivity index (χ4v) is 2.78. The Morgan fingerprint density at radius 3 is 2.80 bits per heavy atom. The highest BCUT2D eigenvalue weighted by Crippen LogP contribution is 2.22. The predicted molar refractivity (Wildman–Crippen MR) is 91.4 cm³/mol. The van der Waals surface area contributed by atoms with Gasteiger partial charge in [-0.3, -0.25) is 14.4 Å². The van der Waals surface area contributed by atoms with Gasteiger partial charge >= 0.3 is 0 Å². The van der Waals surface area contributed by atoms with Crippen molar-refractivity contribution >= 4 is 11.7 Å². The standard InChI is InChI=1S/C18H17N5O2/c1-13-19-8-7-16(20-13)22-9-10-23-15(18(22)24)11-17(21-23)25-12-14-5-3-2-4-6-14/h2-8,11H,9-10,12H2,1H3. The Morgan fingerprint density at radius 1 is 1.16 bits per heavy atom. The van der Waals surface area contributed by atoms with E-state index < -0.39 is 0 Å². The molecule has 7 nitrogen and oxygen atoms in total. The normalized spacial score (nSPS) is 13.6. The second-order valence-corrected chi connectivity index (χ2v) is 5.78. The summed E-state index contributed by atoms with van der Waals surface area (Å²) in [6, 6.07) is 13.3. The topological polar surface area (TPSA) is 73.1 Å². The second kappa shape index (κ2) is 6.35. The molecule has 1 aliphatic rings. The maximum Gasteiger partial charge on any atom is 0.277 e. The van der Waals surface area contributed by atoms with Crippen molar-refractivity contribution in [3.8, 4) is 5.88 Å². The molecule has 0 N–H and O–H groups in total. The minimum atomic E-state index is -0.133. The Balaban J connectivity index is 1.53. The van der Waals surface area contributed by atoms with E-state index in [1.54, 1.807) is 34.8 Å². The minimum Gasteiger partial charge on any atom is -0.472 e. The lowest BCUT2D eigenvalue weighted by Crippen LogP contribution is -2.41. The summed E-state index contributed by atoms with van der Waals surface area (Å²) in [7, 11) is 0. The molecule has 3 heterocycles. The van der Waals surface area contributed by atoms with Gasteiger partial charge in [-0.25, -0.2) is 9.97 Å². The highest BCUT2D eigenvalue weighted by molar-refractivity contribution is 6.05. The average molecular weight is 335 g/mol. The summed E-state index contributed by atoms with van der Waals surface area (Å²) in [5, 5.41) is 4.38. The van der Waals surface area contributed by atoms with Crippen molar-refractivity contribution in [2.75, 3.05) is 11.4 Å². The fraction of sp³-hybridized carbons (Fsp3) is 0.222. The fourth-order valence-electron chi connectivity index (χ4n) is 2.78. The Hall–Kier alpha value is -3.22. The first-order valence-electron chi connectivity index (χ1n) is 8.07. The smallest absolute Gasteiger partial charge is 0.277 e. The molecule has 0 saturated carbocycles. The molecule has 7 heteroatoms. The Bertz CT molecular complexity index is 907. The zero-order valence-electron chi connectivity index (χ0n) is 13.8. The third-order valence-electron chi connectivity index (χ3n) is 4.02. The lowest BCUT2D eigenvalue weighted by molar-refractivity contribution is 0.0961. The summed E-state index contributed by atoms with van der Waals surface area (Å²) >= 11 is 0. The van der Waals surface area contributed by atoms with Crippen LogP contribution in [0.15, 0.2) is 48.7 Å². The Labute approximate surface area is 144 Å². The van der Waals surface area contributed by atoms with Crippen molar-refractivity contribution in [1.29, 1.82) is 0 Å². The zero-order valence-corrected chi connectivity index (χ0v) is 13.8. The van der Waals surface area contributed by atoms with Crippen LogP contribution in [0.25, 0.3) is 0 Å². The van der Waals surface area contributed by atoms with Crippen LogP contribution < -0.4 is 9.64 Å². The maximum atomic E-state index is 12.8. The van der Waals surface area contributed by atoms with Gasteiger partial charge in [0.05, 0.1) is 6.54 Å². The lowest BCUT2D eigenvalue weighted by Gasteiger charge is -2.26. The number of hydrogen-bond acceptors (Lipinski definition) is 5. The first kappa shape index (κ1) is 15.3. The zero-order chi connectivity index (χ0) is 17.2. The summed E-state index contributed by atoms with van der Waals surface area (Å²) < 4.78 is 7.41. The molecule has 1 amide bonds. The number of anilines is 1. The molecule has 25 heavy (non-hydrogen) atoms. The minimum absolute atomic E-state index is 0.133. The van der Waals surface area contributed by atoms with E-state index in [4.69, 9.17) is 4.74 Å². The average Bonchev–Trinajstić information content (AvgIpc) is 3.05. The lowest BCUT2D eigenvalue weighted by atomic mass is 10.2. The van der Waals surface area contributed by atoms with E-state index in [9.17, 15) is 4.79 Å². The number of aromatic nitrogens is 4. The molecule has 3 aromatic rings. The van der Waals surface area contributed by atoms with E-state index in [0.29, 0.717) is 42.9 Å². The monoisotopic (exact) mass is 335 g/mol. The molecule has 0 saturated heterocycles. The largest absolute Gasteiger partial charge is 0.472 e. The van der Waals surface area contributed by atoms with E-state index in [2.05, 4.69) is 15.1 Å². The van der Waals surface area contributed by atoms with Gasteiger partial charge in [-0.05, 0) is 18.6 Å². The number of carbonyl (C=O) groups excluding carboxylic acids is 1. The molecule has 126 valence electrons. The molecule has 4 rings (SSSR count). The Morgan fingerprint density at radius 2 is 2.00 bits per heavy atom. The molecule has 0 unspecified atom stereocenters. The van der Waals surface area contributed by atoms with Crippen molar-refractivity contribution in [2.24, 2.45) is 0 Å². The summed E-state index contributed by atoms with van der Waals surface area (Å²) in [5.74, 6) is 1.56. The van der Waals surface area contributed by atoms with Gasteiger partial charge < -0.3 is 4.74 Å². The molecular formula is C18H17N5O2. The van der Waals surface area contributed by atoms with Gasteiger partial charge in [0.15, 0.2) is 0 Å². The number of aryl methyl sites for hydroxylation is 1. The van der Waals surface area contributed by atoms with Crippen LogP contribution in [-0.2, 0) is 13.2 Å². The van der Waals surface area contributed by atoms with Crippen LogP contribution in [0.5, 0.6) is 5.88 Å². The van der Waals surface area contributed by atoms with Crippen molar-refractivity contribution in [3.63, 3.8) is 0 Å². The third-order valence-corrected chi connectivity index (χ3v) is 4.02. The summed E-state index contributed by atoms with van der Waals surface area (Å²) in [4.78, 5) is 22.8. The summed E-state index contributed by atoms with van der Waals surface area (Å²) in [5.41, 5.74) is 1.56. The number of carbonyl (C=O) groups is 1. The van der Waals surface area contributed by atoms with Gasteiger partial charge in [0, 0.05) is 18.8 Å². The van der Waals surface area contributed by atoms with Crippen molar-refractivity contribution in [1.82, 2.24) is 19.7 Å². The molecule has 0 aliphatic carbocycles. The van der Waals surface area contributed by atoms with E-state index >= 15 is 0 Å². The van der Waals surface area contributed by atoms with Gasteiger partial charge in [-0.2, -0.15) is 0 Å². The van der Waals surface area contributed by atoms with E-state index in [-0.39, 0.29) is 5.91 Å². The number of amides is 1. The molecule has 0 fully saturated rings. The van der Waals surface area contributed by atoms with Gasteiger partial charge in [0.1, 0.15) is 23.9 Å². The van der Waals surface area contributed by atoms with Crippen LogP contribution in [0.3, 0.4) is 0 Å². The highest BCUT2D eigenvalue weighted by atomic mass is 16.5. The van der Waals surface area contributed by atoms with Crippen LogP contribution in [0.4, 0.5) is 5.82 Å². The first-order valence-corrected chi connectivity index (χ1v) is 8.07. The second-order valence-electron chi connectivity index (χ2n) is 5.78. The molecule has 0 atom stereocenters. The SMILES string of the molecule is Cc1nccc(N2CCn3nc(OCc4ccccc4)cc3C2=O)n1. The summed E-state index contributed by atoms with van der Waals surface area (Å²) in [6.07, 6.45) is 1.66. The number of benzene rings is 1. The molecule has 2 aromatic heterocycles. The highest BCUT2D eigenvalue weighted by Gasteiger charge is 2.28. The van der Waals surface area contributed by atoms with E-state index in [1.807, 2.05) is 30.3 Å². The number of fused-ring (bicyclic) bond motifs is 1. The van der Waals surface area contributed by atoms with Crippen LogP contribution in [0.2, 0.25) is 0 Å². The van der Waals surface area contributed by atoms with E-state index in [1.165, 1.54) is 0 Å².